The summed E-state index contributed by atoms with van der Waals surface area (Å²) in [6.45, 7) is 0. The predicted molar refractivity (Wildman–Crippen MR) is 101 cm³/mol. The molecule has 0 aliphatic heterocycles. The lowest BCUT2D eigenvalue weighted by Crippen LogP contribution is -2.11. The van der Waals surface area contributed by atoms with Gasteiger partial charge in [-0.05, 0) is 23.6 Å². The first-order chi connectivity index (χ1) is 12.7. The van der Waals surface area contributed by atoms with Crippen LogP contribution in [0.15, 0.2) is 72.8 Å². The summed E-state index contributed by atoms with van der Waals surface area (Å²) >= 11 is 0. The highest BCUT2D eigenvalue weighted by molar-refractivity contribution is 6.01. The minimum Gasteiger partial charge on any atom is -0.465 e. The van der Waals surface area contributed by atoms with Crippen molar-refractivity contribution in [1.82, 2.24) is 4.40 Å². The molecule has 4 rings (SSSR count). The van der Waals surface area contributed by atoms with Gasteiger partial charge in [0, 0.05) is 16.8 Å². The van der Waals surface area contributed by atoms with Gasteiger partial charge in [0.25, 0.3) is 0 Å². The molecule has 0 N–H and O–H groups in total. The minimum absolute atomic E-state index is 0.0383. The quantitative estimate of drug-likeness (QED) is 0.410. The van der Waals surface area contributed by atoms with Crippen molar-refractivity contribution in [1.29, 1.82) is 0 Å². The van der Waals surface area contributed by atoms with Crippen LogP contribution in [0.5, 0.6) is 0 Å². The van der Waals surface area contributed by atoms with E-state index in [0.29, 0.717) is 16.8 Å². The molecule has 4 aromatic rings. The fourth-order valence-electron chi connectivity index (χ4n) is 3.33. The molecule has 0 aliphatic rings. The number of nitrogens with zero attached hydrogens (tertiary/aromatic N) is 1. The lowest BCUT2D eigenvalue weighted by molar-refractivity contribution is 0.0600. The monoisotopic (exact) mass is 343 g/mol. The molecule has 0 unspecified atom stereocenters. The van der Waals surface area contributed by atoms with Gasteiger partial charge in [-0.15, -0.1) is 0 Å². The van der Waals surface area contributed by atoms with Crippen LogP contribution in [0.4, 0.5) is 0 Å². The van der Waals surface area contributed by atoms with E-state index < -0.39 is 5.97 Å². The maximum Gasteiger partial charge on any atom is 0.339 e. The summed E-state index contributed by atoms with van der Waals surface area (Å²) in [5.41, 5.74) is 3.51. The zero-order chi connectivity index (χ0) is 18.1. The summed E-state index contributed by atoms with van der Waals surface area (Å²) in [4.78, 5) is 25.1. The third kappa shape index (κ3) is 2.65. The van der Waals surface area contributed by atoms with Gasteiger partial charge in [0.2, 0.25) is 0 Å². The second-order valence-electron chi connectivity index (χ2n) is 6.11. The lowest BCUT2D eigenvalue weighted by Gasteiger charge is -2.09. The SMILES string of the molecule is COC(=O)c1cc2ccc3ccccc3n2c1CC(=O)c1ccccc1. The molecule has 2 heterocycles. The van der Waals surface area contributed by atoms with Crippen LogP contribution in [-0.2, 0) is 11.2 Å². The van der Waals surface area contributed by atoms with Gasteiger partial charge in [-0.25, -0.2) is 4.79 Å². The van der Waals surface area contributed by atoms with Crippen molar-refractivity contribution in [2.24, 2.45) is 0 Å². The summed E-state index contributed by atoms with van der Waals surface area (Å²) < 4.78 is 6.92. The molecule has 0 spiro atoms. The van der Waals surface area contributed by atoms with Crippen LogP contribution in [0.3, 0.4) is 0 Å². The molecule has 0 saturated heterocycles. The molecule has 0 amide bonds. The molecule has 128 valence electrons. The zero-order valence-electron chi connectivity index (χ0n) is 14.3. The summed E-state index contributed by atoms with van der Waals surface area (Å²) in [7, 11) is 1.35. The topological polar surface area (TPSA) is 47.8 Å². The smallest absolute Gasteiger partial charge is 0.339 e. The maximum atomic E-state index is 12.8. The predicted octanol–water partition coefficient (Wildman–Crippen LogP) is 4.30. The van der Waals surface area contributed by atoms with Crippen LogP contribution < -0.4 is 0 Å². The van der Waals surface area contributed by atoms with Gasteiger partial charge < -0.3 is 9.14 Å². The van der Waals surface area contributed by atoms with Gasteiger partial charge in [-0.1, -0.05) is 54.6 Å². The highest BCUT2D eigenvalue weighted by Crippen LogP contribution is 2.25. The maximum absolute atomic E-state index is 12.8. The number of methoxy groups -OCH3 is 1. The number of hydrogen-bond acceptors (Lipinski definition) is 3. The molecule has 0 bridgehead atoms. The number of benzene rings is 2. The molecule has 4 nitrogen and oxygen atoms in total. The Balaban J connectivity index is 1.94. The van der Waals surface area contributed by atoms with Crippen molar-refractivity contribution in [3.8, 4) is 0 Å². The molecule has 0 aliphatic carbocycles. The Hall–Kier alpha value is -3.40. The van der Waals surface area contributed by atoms with Gasteiger partial charge >= 0.3 is 5.97 Å². The molecule has 4 heteroatoms. The Kier molecular flexibility index (Phi) is 4.01. The highest BCUT2D eigenvalue weighted by atomic mass is 16.5. The number of ketones is 1. The molecule has 26 heavy (non-hydrogen) atoms. The van der Waals surface area contributed by atoms with E-state index in [1.807, 2.05) is 59.0 Å². The van der Waals surface area contributed by atoms with E-state index in [-0.39, 0.29) is 12.2 Å². The van der Waals surface area contributed by atoms with Crippen molar-refractivity contribution in [3.63, 3.8) is 0 Å². The first kappa shape index (κ1) is 16.1. The van der Waals surface area contributed by atoms with Gasteiger partial charge in [0.15, 0.2) is 5.78 Å². The van der Waals surface area contributed by atoms with Gasteiger partial charge in [-0.3, -0.25) is 4.79 Å². The van der Waals surface area contributed by atoms with Gasteiger partial charge in [0.1, 0.15) is 0 Å². The van der Waals surface area contributed by atoms with Crippen LogP contribution in [0.25, 0.3) is 16.4 Å². The number of esters is 1. The third-order valence-corrected chi connectivity index (χ3v) is 4.57. The standard InChI is InChI=1S/C22H17NO3/c1-26-22(25)18-13-17-12-11-15-7-5-6-10-19(15)23(17)20(18)14-21(24)16-8-3-2-4-9-16/h2-13H,14H2,1H3. The molecular formula is C22H17NO3. The van der Waals surface area contributed by atoms with E-state index in [1.54, 1.807) is 18.2 Å². The van der Waals surface area contributed by atoms with E-state index in [4.69, 9.17) is 4.74 Å². The van der Waals surface area contributed by atoms with Crippen LogP contribution in [-0.4, -0.2) is 23.3 Å². The number of fused-ring (bicyclic) bond motifs is 3. The van der Waals surface area contributed by atoms with Gasteiger partial charge in [0.05, 0.1) is 24.6 Å². The summed E-state index contributed by atoms with van der Waals surface area (Å²) in [6.07, 6.45) is 0.122. The van der Waals surface area contributed by atoms with Crippen LogP contribution >= 0.6 is 0 Å². The molecule has 2 aromatic heterocycles. The minimum atomic E-state index is -0.436. The molecule has 0 atom stereocenters. The van der Waals surface area contributed by atoms with Crippen molar-refractivity contribution < 1.29 is 14.3 Å². The number of hydrogen-bond donors (Lipinski definition) is 0. The summed E-state index contributed by atoms with van der Waals surface area (Å²) in [5, 5.41) is 1.04. The molecular weight excluding hydrogens is 326 g/mol. The first-order valence-corrected chi connectivity index (χ1v) is 8.37. The van der Waals surface area contributed by atoms with Crippen molar-refractivity contribution in [2.75, 3.05) is 7.11 Å². The Morgan fingerprint density at radius 1 is 0.923 bits per heavy atom. The number of rotatable bonds is 4. The van der Waals surface area contributed by atoms with Gasteiger partial charge in [-0.2, -0.15) is 0 Å². The van der Waals surface area contributed by atoms with Crippen molar-refractivity contribution in [2.45, 2.75) is 6.42 Å². The van der Waals surface area contributed by atoms with E-state index in [9.17, 15) is 9.59 Å². The zero-order valence-corrected chi connectivity index (χ0v) is 14.3. The summed E-state index contributed by atoms with van der Waals surface area (Å²) in [5.74, 6) is -0.475. The molecule has 0 radical (unpaired) electrons. The normalized spacial score (nSPS) is 11.0. The largest absolute Gasteiger partial charge is 0.465 e. The average Bonchev–Trinajstić information content (AvgIpc) is 3.07. The third-order valence-electron chi connectivity index (χ3n) is 4.57. The van der Waals surface area contributed by atoms with E-state index in [2.05, 4.69) is 0 Å². The second-order valence-corrected chi connectivity index (χ2v) is 6.11. The Morgan fingerprint density at radius 2 is 1.65 bits per heavy atom. The number of aromatic nitrogens is 1. The van der Waals surface area contributed by atoms with Crippen LogP contribution in [0, 0.1) is 0 Å². The van der Waals surface area contributed by atoms with Crippen molar-refractivity contribution >= 4 is 28.2 Å². The average molecular weight is 343 g/mol. The van der Waals surface area contributed by atoms with E-state index >= 15 is 0 Å². The van der Waals surface area contributed by atoms with E-state index in [1.165, 1.54) is 7.11 Å². The fraction of sp³-hybridized carbons (Fsp3) is 0.0909. The van der Waals surface area contributed by atoms with E-state index in [0.717, 1.165) is 16.4 Å². The van der Waals surface area contributed by atoms with Crippen LogP contribution in [0.1, 0.15) is 26.4 Å². The molecule has 2 aromatic carbocycles. The Bertz CT molecular complexity index is 1130. The summed E-state index contributed by atoms with van der Waals surface area (Å²) in [6, 6.07) is 22.8. The fourth-order valence-corrected chi connectivity index (χ4v) is 3.33. The van der Waals surface area contributed by atoms with Crippen molar-refractivity contribution in [3.05, 3.63) is 89.6 Å². The number of ether oxygens (including phenoxy) is 1. The number of carbonyl (C=O) groups excluding carboxylic acids is 2. The molecule has 0 fully saturated rings. The number of carbonyl (C=O) groups is 2. The highest BCUT2D eigenvalue weighted by Gasteiger charge is 2.21. The first-order valence-electron chi connectivity index (χ1n) is 8.37. The number of pyridine rings is 1. The second kappa shape index (κ2) is 6.48. The lowest BCUT2D eigenvalue weighted by atomic mass is 10.0. The Labute approximate surface area is 150 Å². The van der Waals surface area contributed by atoms with Crippen LogP contribution in [0.2, 0.25) is 0 Å². The Morgan fingerprint density at radius 3 is 2.42 bits per heavy atom. The molecule has 0 saturated carbocycles. The number of Topliss-reactive ketones (excluding diaryl/α,β-unsaturated/α-hetero) is 1. The number of para-hydroxylation sites is 1.